The van der Waals surface area contributed by atoms with Crippen molar-refractivity contribution >= 4 is 15.9 Å². The van der Waals surface area contributed by atoms with E-state index < -0.39 is 0 Å². The standard InChI is InChI=1S/C19H14BrN3O/c1-13-18(19(22-24-13)14-6-3-2-4-7-14)17-11-23(12-21-17)16-9-5-8-15(20)10-16/h2-12H,1H3. The summed E-state index contributed by atoms with van der Waals surface area (Å²) < 4.78 is 8.45. The molecule has 0 saturated heterocycles. The zero-order chi connectivity index (χ0) is 16.5. The zero-order valence-electron chi connectivity index (χ0n) is 13.0. The van der Waals surface area contributed by atoms with Crippen molar-refractivity contribution in [1.29, 1.82) is 0 Å². The van der Waals surface area contributed by atoms with E-state index >= 15 is 0 Å². The van der Waals surface area contributed by atoms with Crippen LogP contribution in [0.3, 0.4) is 0 Å². The third kappa shape index (κ3) is 2.67. The van der Waals surface area contributed by atoms with E-state index in [4.69, 9.17) is 4.52 Å². The summed E-state index contributed by atoms with van der Waals surface area (Å²) in [4.78, 5) is 4.56. The second kappa shape index (κ2) is 6.09. The van der Waals surface area contributed by atoms with Crippen LogP contribution in [0.5, 0.6) is 0 Å². The molecule has 0 N–H and O–H groups in total. The van der Waals surface area contributed by atoms with Crippen molar-refractivity contribution in [2.75, 3.05) is 0 Å². The fourth-order valence-corrected chi connectivity index (χ4v) is 3.08. The van der Waals surface area contributed by atoms with Gasteiger partial charge in [-0.15, -0.1) is 0 Å². The average Bonchev–Trinajstić information content (AvgIpc) is 3.22. The molecule has 0 spiro atoms. The molecule has 2 heterocycles. The summed E-state index contributed by atoms with van der Waals surface area (Å²) in [5.41, 5.74) is 4.63. The summed E-state index contributed by atoms with van der Waals surface area (Å²) in [7, 11) is 0. The summed E-state index contributed by atoms with van der Waals surface area (Å²) in [6.07, 6.45) is 3.80. The van der Waals surface area contributed by atoms with Crippen molar-refractivity contribution in [2.45, 2.75) is 6.92 Å². The van der Waals surface area contributed by atoms with Crippen LogP contribution in [0, 0.1) is 6.92 Å². The maximum absolute atomic E-state index is 5.43. The quantitative estimate of drug-likeness (QED) is 0.487. The fraction of sp³-hybridized carbons (Fsp3) is 0.0526. The minimum atomic E-state index is 0.758. The Labute approximate surface area is 147 Å². The molecule has 0 aliphatic rings. The third-order valence-corrected chi connectivity index (χ3v) is 4.35. The van der Waals surface area contributed by atoms with E-state index in [1.54, 1.807) is 6.33 Å². The number of nitrogens with zero attached hydrogens (tertiary/aromatic N) is 3. The summed E-state index contributed by atoms with van der Waals surface area (Å²) in [5, 5.41) is 4.23. The smallest absolute Gasteiger partial charge is 0.143 e. The Hall–Kier alpha value is -2.66. The van der Waals surface area contributed by atoms with Crippen LogP contribution < -0.4 is 0 Å². The maximum Gasteiger partial charge on any atom is 0.143 e. The summed E-state index contributed by atoms with van der Waals surface area (Å²) >= 11 is 3.50. The second-order valence-electron chi connectivity index (χ2n) is 5.47. The van der Waals surface area contributed by atoms with Gasteiger partial charge in [-0.3, -0.25) is 0 Å². The van der Waals surface area contributed by atoms with Crippen LogP contribution in [0.2, 0.25) is 0 Å². The molecular weight excluding hydrogens is 366 g/mol. The van der Waals surface area contributed by atoms with Gasteiger partial charge in [-0.2, -0.15) is 0 Å². The lowest BCUT2D eigenvalue weighted by molar-refractivity contribution is 0.400. The van der Waals surface area contributed by atoms with Crippen molar-refractivity contribution in [2.24, 2.45) is 0 Å². The molecule has 24 heavy (non-hydrogen) atoms. The van der Waals surface area contributed by atoms with Gasteiger partial charge in [-0.25, -0.2) is 4.98 Å². The first-order valence-corrected chi connectivity index (χ1v) is 8.33. The average molecular weight is 380 g/mol. The van der Waals surface area contributed by atoms with E-state index in [1.165, 1.54) is 0 Å². The van der Waals surface area contributed by atoms with Gasteiger partial charge < -0.3 is 9.09 Å². The molecule has 0 amide bonds. The summed E-state index contributed by atoms with van der Waals surface area (Å²) in [5.74, 6) is 0.758. The lowest BCUT2D eigenvalue weighted by Gasteiger charge is -2.02. The molecule has 0 radical (unpaired) electrons. The summed E-state index contributed by atoms with van der Waals surface area (Å²) in [6.45, 7) is 1.91. The predicted molar refractivity (Wildman–Crippen MR) is 96.9 cm³/mol. The lowest BCUT2D eigenvalue weighted by Crippen LogP contribution is -1.89. The van der Waals surface area contributed by atoms with Crippen LogP contribution in [-0.4, -0.2) is 14.7 Å². The van der Waals surface area contributed by atoms with Crippen molar-refractivity contribution in [3.05, 3.63) is 77.4 Å². The fourth-order valence-electron chi connectivity index (χ4n) is 2.70. The number of aryl methyl sites for hydroxylation is 1. The topological polar surface area (TPSA) is 43.9 Å². The molecule has 4 aromatic rings. The van der Waals surface area contributed by atoms with Gasteiger partial charge in [-0.05, 0) is 25.1 Å². The largest absolute Gasteiger partial charge is 0.360 e. The first kappa shape index (κ1) is 14.9. The molecule has 0 aliphatic heterocycles. The van der Waals surface area contributed by atoms with E-state index in [2.05, 4.69) is 26.1 Å². The van der Waals surface area contributed by atoms with Crippen LogP contribution in [0.15, 0.2) is 76.1 Å². The van der Waals surface area contributed by atoms with Crippen LogP contribution in [0.25, 0.3) is 28.2 Å². The van der Waals surface area contributed by atoms with Gasteiger partial charge in [-0.1, -0.05) is 57.5 Å². The van der Waals surface area contributed by atoms with Crippen LogP contribution in [0.4, 0.5) is 0 Å². The normalized spacial score (nSPS) is 10.9. The minimum absolute atomic E-state index is 0.758. The lowest BCUT2D eigenvalue weighted by atomic mass is 10.0. The number of hydrogen-bond donors (Lipinski definition) is 0. The van der Waals surface area contributed by atoms with Crippen LogP contribution in [-0.2, 0) is 0 Å². The highest BCUT2D eigenvalue weighted by atomic mass is 79.9. The SMILES string of the molecule is Cc1onc(-c2ccccc2)c1-c1cn(-c2cccc(Br)c2)cn1. The maximum atomic E-state index is 5.43. The Morgan fingerprint density at radius 3 is 2.67 bits per heavy atom. The van der Waals surface area contributed by atoms with Gasteiger partial charge in [0, 0.05) is 21.9 Å². The molecule has 0 unspecified atom stereocenters. The van der Waals surface area contributed by atoms with Gasteiger partial charge in [0.25, 0.3) is 0 Å². The molecule has 2 aromatic heterocycles. The molecule has 0 fully saturated rings. The van der Waals surface area contributed by atoms with E-state index in [1.807, 2.05) is 72.3 Å². The molecule has 4 nitrogen and oxygen atoms in total. The van der Waals surface area contributed by atoms with Crippen LogP contribution in [0.1, 0.15) is 5.76 Å². The highest BCUT2D eigenvalue weighted by molar-refractivity contribution is 9.10. The molecular formula is C19H14BrN3O. The van der Waals surface area contributed by atoms with Gasteiger partial charge in [0.05, 0.1) is 17.6 Å². The molecule has 0 saturated carbocycles. The monoisotopic (exact) mass is 379 g/mol. The third-order valence-electron chi connectivity index (χ3n) is 3.86. The number of hydrogen-bond acceptors (Lipinski definition) is 3. The number of rotatable bonds is 3. The van der Waals surface area contributed by atoms with Gasteiger partial charge in [0.1, 0.15) is 11.5 Å². The van der Waals surface area contributed by atoms with Gasteiger partial charge in [0.2, 0.25) is 0 Å². The Kier molecular flexibility index (Phi) is 3.78. The molecule has 0 bridgehead atoms. The van der Waals surface area contributed by atoms with E-state index in [-0.39, 0.29) is 0 Å². The number of imidazole rings is 1. The predicted octanol–water partition coefficient (Wildman–Crippen LogP) is 5.27. The Balaban J connectivity index is 1.80. The van der Waals surface area contributed by atoms with Crippen molar-refractivity contribution < 1.29 is 4.52 Å². The number of aromatic nitrogens is 3. The van der Waals surface area contributed by atoms with Crippen molar-refractivity contribution in [1.82, 2.24) is 14.7 Å². The minimum Gasteiger partial charge on any atom is -0.360 e. The number of halogens is 1. The van der Waals surface area contributed by atoms with E-state index in [0.29, 0.717) is 0 Å². The van der Waals surface area contributed by atoms with Crippen molar-refractivity contribution in [3.63, 3.8) is 0 Å². The zero-order valence-corrected chi connectivity index (χ0v) is 14.6. The molecule has 5 heteroatoms. The molecule has 2 aromatic carbocycles. The van der Waals surface area contributed by atoms with E-state index in [0.717, 1.165) is 38.4 Å². The second-order valence-corrected chi connectivity index (χ2v) is 6.39. The first-order chi connectivity index (χ1) is 11.7. The molecule has 4 rings (SSSR count). The van der Waals surface area contributed by atoms with Crippen molar-refractivity contribution in [3.8, 4) is 28.2 Å². The highest BCUT2D eigenvalue weighted by Crippen LogP contribution is 2.33. The molecule has 0 atom stereocenters. The molecule has 118 valence electrons. The number of benzene rings is 2. The Bertz CT molecular complexity index is 989. The Morgan fingerprint density at radius 1 is 1.04 bits per heavy atom. The van der Waals surface area contributed by atoms with Gasteiger partial charge in [0.15, 0.2) is 0 Å². The highest BCUT2D eigenvalue weighted by Gasteiger charge is 2.18. The summed E-state index contributed by atoms with van der Waals surface area (Å²) in [6, 6.07) is 18.1. The Morgan fingerprint density at radius 2 is 1.88 bits per heavy atom. The first-order valence-electron chi connectivity index (χ1n) is 7.54. The molecule has 0 aliphatic carbocycles. The van der Waals surface area contributed by atoms with Gasteiger partial charge >= 0.3 is 0 Å². The van der Waals surface area contributed by atoms with Crippen LogP contribution >= 0.6 is 15.9 Å². The van der Waals surface area contributed by atoms with E-state index in [9.17, 15) is 0 Å².